The van der Waals surface area contributed by atoms with Crippen LogP contribution in [0, 0.1) is 5.92 Å². The van der Waals surface area contributed by atoms with Gasteiger partial charge in [0.1, 0.15) is 18.2 Å². The Morgan fingerprint density at radius 3 is 2.74 bits per heavy atom. The van der Waals surface area contributed by atoms with Gasteiger partial charge in [0.25, 0.3) is 0 Å². The van der Waals surface area contributed by atoms with Crippen LogP contribution in [-0.4, -0.2) is 36.6 Å². The van der Waals surface area contributed by atoms with E-state index < -0.39 is 16.8 Å². The van der Waals surface area contributed by atoms with Gasteiger partial charge in [-0.05, 0) is 19.8 Å². The van der Waals surface area contributed by atoms with Crippen molar-refractivity contribution in [1.29, 1.82) is 0 Å². The van der Waals surface area contributed by atoms with Crippen LogP contribution in [0.2, 0.25) is 0 Å². The summed E-state index contributed by atoms with van der Waals surface area (Å²) in [6, 6.07) is -0.904. The van der Waals surface area contributed by atoms with Crippen molar-refractivity contribution in [2.24, 2.45) is 11.7 Å². The number of carbonyl (C=O) groups is 1. The number of carboxylic acids is 1. The van der Waals surface area contributed by atoms with Gasteiger partial charge in [-0.2, -0.15) is 5.10 Å². The van der Waals surface area contributed by atoms with Crippen molar-refractivity contribution in [3.8, 4) is 0 Å². The van der Waals surface area contributed by atoms with Crippen molar-refractivity contribution in [2.75, 3.05) is 0 Å². The molecule has 0 radical (unpaired) electrons. The highest BCUT2D eigenvalue weighted by atomic mass is 32.2. The first-order valence-electron chi connectivity index (χ1n) is 6.23. The Kier molecular flexibility index (Phi) is 5.37. The molecule has 0 aliphatic rings. The van der Waals surface area contributed by atoms with Crippen LogP contribution in [0.25, 0.3) is 0 Å². The summed E-state index contributed by atoms with van der Waals surface area (Å²) in [5.74, 6) is 0.950. The van der Waals surface area contributed by atoms with Crippen LogP contribution in [0.5, 0.6) is 0 Å². The lowest BCUT2D eigenvalue weighted by molar-refractivity contribution is -0.139. The van der Waals surface area contributed by atoms with E-state index in [0.717, 1.165) is 12.4 Å². The number of aliphatic carboxylic acids is 1. The lowest BCUT2D eigenvalue weighted by Crippen LogP contribution is -2.46. The first kappa shape index (κ1) is 16.0. The van der Waals surface area contributed by atoms with Crippen molar-refractivity contribution in [3.63, 3.8) is 0 Å². The van der Waals surface area contributed by atoms with Crippen LogP contribution in [-0.2, 0) is 17.1 Å². The van der Waals surface area contributed by atoms with Crippen molar-refractivity contribution in [3.05, 3.63) is 12.2 Å². The van der Waals surface area contributed by atoms with E-state index in [1.54, 1.807) is 0 Å². The summed E-state index contributed by atoms with van der Waals surface area (Å²) >= 11 is 1.48. The molecule has 1 aromatic rings. The third-order valence-electron chi connectivity index (χ3n) is 2.82. The molecule has 6 nitrogen and oxygen atoms in total. The van der Waals surface area contributed by atoms with E-state index in [-0.39, 0.29) is 0 Å². The lowest BCUT2D eigenvalue weighted by Gasteiger charge is -2.27. The molecule has 0 unspecified atom stereocenters. The second kappa shape index (κ2) is 6.38. The Bertz CT molecular complexity index is 431. The van der Waals surface area contributed by atoms with Crippen LogP contribution in [0.15, 0.2) is 6.33 Å². The minimum Gasteiger partial charge on any atom is -0.480 e. The van der Waals surface area contributed by atoms with E-state index in [0.29, 0.717) is 11.7 Å². The molecule has 3 N–H and O–H groups in total. The van der Waals surface area contributed by atoms with Gasteiger partial charge in [-0.15, -0.1) is 11.8 Å². The van der Waals surface area contributed by atoms with E-state index >= 15 is 0 Å². The average molecular weight is 286 g/mol. The number of rotatable bonds is 7. The highest BCUT2D eigenvalue weighted by molar-refractivity contribution is 7.99. The molecule has 0 fully saturated rings. The monoisotopic (exact) mass is 286 g/mol. The molecule has 0 bridgehead atoms. The zero-order chi connectivity index (χ0) is 14.6. The van der Waals surface area contributed by atoms with Gasteiger partial charge in [0.05, 0.1) is 5.75 Å². The lowest BCUT2D eigenvalue weighted by atomic mass is 10.1. The van der Waals surface area contributed by atoms with Gasteiger partial charge in [0.15, 0.2) is 0 Å². The van der Waals surface area contributed by atoms with Crippen LogP contribution in [0.3, 0.4) is 0 Å². The molecule has 1 rings (SSSR count). The highest BCUT2D eigenvalue weighted by Gasteiger charge is 2.32. The second-order valence-corrected chi connectivity index (χ2v) is 7.09. The fraction of sp³-hybridized carbons (Fsp3) is 0.750. The van der Waals surface area contributed by atoms with Crippen LogP contribution >= 0.6 is 11.8 Å². The molecule has 0 spiro atoms. The predicted octanol–water partition coefficient (Wildman–Crippen LogP) is 1.36. The van der Waals surface area contributed by atoms with Crippen molar-refractivity contribution >= 4 is 17.7 Å². The smallest absolute Gasteiger partial charge is 0.321 e. The molecule has 1 atom stereocenters. The molecule has 0 aliphatic heterocycles. The van der Waals surface area contributed by atoms with Gasteiger partial charge in [0.2, 0.25) is 0 Å². The minimum atomic E-state index is -0.985. The maximum absolute atomic E-state index is 10.9. The van der Waals surface area contributed by atoms with Gasteiger partial charge in [-0.1, -0.05) is 13.8 Å². The van der Waals surface area contributed by atoms with Gasteiger partial charge in [0, 0.05) is 11.3 Å². The summed E-state index contributed by atoms with van der Waals surface area (Å²) < 4.78 is 1.31. The predicted molar refractivity (Wildman–Crippen MR) is 75.8 cm³/mol. The molecular weight excluding hydrogens is 264 g/mol. The van der Waals surface area contributed by atoms with E-state index in [1.807, 2.05) is 18.5 Å². The van der Waals surface area contributed by atoms with Gasteiger partial charge in [-0.3, -0.25) is 4.79 Å². The molecule has 108 valence electrons. The molecule has 0 amide bonds. The number of hydrogen-bond donors (Lipinski definition) is 2. The zero-order valence-corrected chi connectivity index (χ0v) is 12.6. The Morgan fingerprint density at radius 1 is 1.58 bits per heavy atom. The largest absolute Gasteiger partial charge is 0.480 e. The van der Waals surface area contributed by atoms with E-state index in [9.17, 15) is 4.79 Å². The number of carboxylic acid groups (broad SMARTS) is 1. The maximum atomic E-state index is 10.9. The number of nitrogens with two attached hydrogens (primary N) is 1. The molecule has 0 saturated heterocycles. The summed E-state index contributed by atoms with van der Waals surface area (Å²) in [6.07, 6.45) is 1.53. The molecule has 0 saturated carbocycles. The summed E-state index contributed by atoms with van der Waals surface area (Å²) in [4.78, 5) is 15.2. The normalized spacial score (nSPS) is 13.8. The standard InChI is InChI=1S/C12H22N4O2S/c1-8(2)5-16-9(14-7-15-16)6-19-12(3,4)10(13)11(17)18/h7-8,10H,5-6,13H2,1-4H3,(H,17,18)/t10-/m1/s1. The van der Waals surface area contributed by atoms with Crippen molar-refractivity contribution in [2.45, 2.75) is 50.8 Å². The van der Waals surface area contributed by atoms with Crippen molar-refractivity contribution < 1.29 is 9.90 Å². The molecular formula is C12H22N4O2S. The molecule has 1 aromatic heterocycles. The van der Waals surface area contributed by atoms with E-state index in [2.05, 4.69) is 23.9 Å². The zero-order valence-electron chi connectivity index (χ0n) is 11.8. The molecule has 1 heterocycles. The highest BCUT2D eigenvalue weighted by Crippen LogP contribution is 2.30. The molecule has 0 aliphatic carbocycles. The first-order chi connectivity index (χ1) is 8.74. The van der Waals surface area contributed by atoms with Crippen LogP contribution in [0.4, 0.5) is 0 Å². The SMILES string of the molecule is CC(C)Cn1ncnc1CSC(C)(C)[C@H](N)C(=O)O. The minimum absolute atomic E-state index is 0.486. The quantitative estimate of drug-likeness (QED) is 0.786. The van der Waals surface area contributed by atoms with Crippen LogP contribution < -0.4 is 5.73 Å². The summed E-state index contributed by atoms with van der Waals surface area (Å²) in [5, 5.41) is 13.2. The van der Waals surface area contributed by atoms with Gasteiger partial charge < -0.3 is 10.8 Å². The Labute approximate surface area is 117 Å². The molecule has 19 heavy (non-hydrogen) atoms. The number of hydrogen-bond acceptors (Lipinski definition) is 5. The Balaban J connectivity index is 2.66. The first-order valence-corrected chi connectivity index (χ1v) is 7.21. The fourth-order valence-electron chi connectivity index (χ4n) is 1.54. The second-order valence-electron chi connectivity index (χ2n) is 5.46. The van der Waals surface area contributed by atoms with Crippen molar-refractivity contribution in [1.82, 2.24) is 14.8 Å². The topological polar surface area (TPSA) is 94.0 Å². The fourth-order valence-corrected chi connectivity index (χ4v) is 2.54. The molecule has 0 aromatic carbocycles. The summed E-state index contributed by atoms with van der Waals surface area (Å²) in [7, 11) is 0. The maximum Gasteiger partial charge on any atom is 0.321 e. The number of thioether (sulfide) groups is 1. The van der Waals surface area contributed by atoms with E-state index in [1.165, 1.54) is 18.1 Å². The van der Waals surface area contributed by atoms with Gasteiger partial charge >= 0.3 is 5.97 Å². The van der Waals surface area contributed by atoms with E-state index in [4.69, 9.17) is 10.8 Å². The Hall–Kier alpha value is -1.08. The number of nitrogens with zero attached hydrogens (tertiary/aromatic N) is 3. The van der Waals surface area contributed by atoms with Crippen LogP contribution in [0.1, 0.15) is 33.5 Å². The third kappa shape index (κ3) is 4.50. The number of aromatic nitrogens is 3. The average Bonchev–Trinajstić information content (AvgIpc) is 2.72. The Morgan fingerprint density at radius 2 is 2.21 bits per heavy atom. The summed E-state index contributed by atoms with van der Waals surface area (Å²) in [5.41, 5.74) is 5.69. The third-order valence-corrected chi connectivity index (χ3v) is 4.22. The van der Waals surface area contributed by atoms with Gasteiger partial charge in [-0.25, -0.2) is 9.67 Å². The molecule has 7 heteroatoms. The summed E-state index contributed by atoms with van der Waals surface area (Å²) in [6.45, 7) is 8.70.